The Hall–Kier alpha value is 0.910. The summed E-state index contributed by atoms with van der Waals surface area (Å²) >= 11 is 25.0. The maximum Gasteiger partial charge on any atom is 0.247 e. The van der Waals surface area contributed by atoms with Crippen LogP contribution in [-0.2, 0) is 11.8 Å². The van der Waals surface area contributed by atoms with Crippen LogP contribution in [-0.4, -0.2) is 63.1 Å². The second-order valence-corrected chi connectivity index (χ2v) is 12.6. The lowest BCUT2D eigenvalue weighted by Gasteiger charge is -2.37. The maximum atomic E-state index is 6.29. The molecule has 3 fully saturated rings. The number of likely N-dealkylation sites (tertiary alicyclic amines) is 1. The Bertz CT molecular complexity index is 473. The smallest absolute Gasteiger partial charge is 0.247 e. The van der Waals surface area contributed by atoms with Crippen molar-refractivity contribution in [2.24, 2.45) is 4.76 Å². The van der Waals surface area contributed by atoms with Crippen LogP contribution >= 0.6 is 41.3 Å². The molecule has 3 aliphatic rings. The van der Waals surface area contributed by atoms with Gasteiger partial charge in [0.15, 0.2) is 12.3 Å². The van der Waals surface area contributed by atoms with Crippen LogP contribution in [0.3, 0.4) is 0 Å². The average molecular weight is 418 g/mol. The zero-order valence-electron chi connectivity index (χ0n) is 13.3. The SMILES string of the molecule is S=P(N=C(N1CCCC1)C(Cl)(Cl)Cl)(N1CCCC1)N1CCCC1. The molecule has 0 spiro atoms. The monoisotopic (exact) mass is 416 g/mol. The Morgan fingerprint density at radius 3 is 1.57 bits per heavy atom. The van der Waals surface area contributed by atoms with Crippen molar-refractivity contribution in [3.8, 4) is 0 Å². The lowest BCUT2D eigenvalue weighted by molar-refractivity contribution is 0.468. The number of halogens is 3. The fraction of sp³-hybridized carbons (Fsp3) is 0.929. The fourth-order valence-corrected chi connectivity index (χ4v) is 8.19. The summed E-state index contributed by atoms with van der Waals surface area (Å²) in [5.41, 5.74) is 0. The molecule has 3 saturated heterocycles. The normalized spacial score (nSPS) is 25.7. The number of hydrogen-bond donors (Lipinski definition) is 0. The molecule has 9 heteroatoms. The van der Waals surface area contributed by atoms with Crippen molar-refractivity contribution >= 4 is 58.9 Å². The lowest BCUT2D eigenvalue weighted by Crippen LogP contribution is -2.39. The predicted molar refractivity (Wildman–Crippen MR) is 104 cm³/mol. The number of rotatable bonds is 3. The van der Waals surface area contributed by atoms with Crippen LogP contribution in [0.15, 0.2) is 4.76 Å². The first kappa shape index (κ1) is 18.7. The first-order valence-corrected chi connectivity index (χ1v) is 12.2. The van der Waals surface area contributed by atoms with Gasteiger partial charge >= 0.3 is 0 Å². The van der Waals surface area contributed by atoms with E-state index in [-0.39, 0.29) is 0 Å². The Labute approximate surface area is 159 Å². The minimum Gasteiger partial charge on any atom is -0.356 e. The quantitative estimate of drug-likeness (QED) is 0.296. The highest BCUT2D eigenvalue weighted by Crippen LogP contribution is 2.59. The zero-order chi connectivity index (χ0) is 16.5. The second kappa shape index (κ2) is 7.65. The summed E-state index contributed by atoms with van der Waals surface area (Å²) in [6, 6.07) is 0. The number of hydrogen-bond acceptors (Lipinski definition) is 1. The van der Waals surface area contributed by atoms with Crippen molar-refractivity contribution in [3.63, 3.8) is 0 Å². The van der Waals surface area contributed by atoms with E-state index >= 15 is 0 Å². The van der Waals surface area contributed by atoms with Crippen LogP contribution in [0.1, 0.15) is 38.5 Å². The molecule has 0 radical (unpaired) electrons. The van der Waals surface area contributed by atoms with E-state index in [2.05, 4.69) is 14.2 Å². The molecule has 0 aromatic carbocycles. The number of amidine groups is 1. The van der Waals surface area contributed by atoms with Gasteiger partial charge in [0.25, 0.3) is 0 Å². The van der Waals surface area contributed by atoms with E-state index in [0.717, 1.165) is 52.1 Å². The molecule has 0 aliphatic carbocycles. The van der Waals surface area contributed by atoms with Crippen molar-refractivity contribution in [3.05, 3.63) is 0 Å². The Balaban J connectivity index is 1.97. The summed E-state index contributed by atoms with van der Waals surface area (Å²) in [7, 11) is 0. The summed E-state index contributed by atoms with van der Waals surface area (Å²) in [4.78, 5) is 2.13. The Morgan fingerprint density at radius 2 is 1.17 bits per heavy atom. The van der Waals surface area contributed by atoms with Crippen LogP contribution in [0.25, 0.3) is 0 Å². The highest BCUT2D eigenvalue weighted by Gasteiger charge is 2.41. The third kappa shape index (κ3) is 4.19. The van der Waals surface area contributed by atoms with Crippen molar-refractivity contribution in [2.45, 2.75) is 42.3 Å². The van der Waals surface area contributed by atoms with Gasteiger partial charge in [0.2, 0.25) is 3.79 Å². The molecule has 0 bridgehead atoms. The standard InChI is InChI=1S/C14H24Cl3N4PS/c15-14(16,17)13(19-7-1-2-8-19)18-22(23,20-9-3-4-10-20)21-11-5-6-12-21/h1-12H2. The van der Waals surface area contributed by atoms with Gasteiger partial charge in [0.05, 0.1) is 0 Å². The summed E-state index contributed by atoms with van der Waals surface area (Å²) in [5.74, 6) is 0.571. The van der Waals surface area contributed by atoms with Crippen molar-refractivity contribution in [1.82, 2.24) is 14.2 Å². The van der Waals surface area contributed by atoms with E-state index in [1.54, 1.807) is 0 Å². The lowest BCUT2D eigenvalue weighted by atomic mass is 10.4. The van der Waals surface area contributed by atoms with E-state index in [9.17, 15) is 0 Å². The van der Waals surface area contributed by atoms with Gasteiger partial charge in [-0.25, -0.2) is 14.1 Å². The van der Waals surface area contributed by atoms with E-state index in [4.69, 9.17) is 51.4 Å². The third-order valence-corrected chi connectivity index (χ3v) is 9.65. The van der Waals surface area contributed by atoms with Gasteiger partial charge in [-0.05, 0) is 50.3 Å². The minimum absolute atomic E-state index is 0.571. The van der Waals surface area contributed by atoms with Gasteiger partial charge < -0.3 is 4.90 Å². The highest BCUT2D eigenvalue weighted by molar-refractivity contribution is 8.11. The van der Waals surface area contributed by atoms with E-state index < -0.39 is 10.3 Å². The molecule has 3 aliphatic heterocycles. The summed E-state index contributed by atoms with van der Waals surface area (Å²) in [6.07, 6.45) is 7.00. The topological polar surface area (TPSA) is 22.1 Å². The Kier molecular flexibility index (Phi) is 6.22. The van der Waals surface area contributed by atoms with Gasteiger partial charge in [-0.3, -0.25) is 0 Å². The van der Waals surface area contributed by atoms with Crippen LogP contribution in [0, 0.1) is 0 Å². The molecule has 3 rings (SSSR count). The highest BCUT2D eigenvalue weighted by atomic mass is 35.6. The molecule has 3 heterocycles. The zero-order valence-corrected chi connectivity index (χ0v) is 17.2. The van der Waals surface area contributed by atoms with E-state index in [1.807, 2.05) is 0 Å². The molecule has 132 valence electrons. The van der Waals surface area contributed by atoms with Gasteiger partial charge in [0.1, 0.15) is 0 Å². The molecule has 0 amide bonds. The van der Waals surface area contributed by atoms with Gasteiger partial charge in [-0.15, -0.1) is 0 Å². The van der Waals surface area contributed by atoms with Crippen LogP contribution < -0.4 is 0 Å². The largest absolute Gasteiger partial charge is 0.356 e. The first-order valence-electron chi connectivity index (χ1n) is 8.44. The molecule has 0 N–H and O–H groups in total. The molecule has 4 nitrogen and oxygen atoms in total. The van der Waals surface area contributed by atoms with Crippen LogP contribution in [0.2, 0.25) is 0 Å². The molecule has 0 unspecified atom stereocenters. The van der Waals surface area contributed by atoms with E-state index in [0.29, 0.717) is 5.84 Å². The predicted octanol–water partition coefficient (Wildman–Crippen LogP) is 4.27. The minimum atomic E-state index is -2.23. The van der Waals surface area contributed by atoms with Crippen LogP contribution in [0.4, 0.5) is 0 Å². The van der Waals surface area contributed by atoms with E-state index in [1.165, 1.54) is 25.7 Å². The average Bonchev–Trinajstić information content (AvgIpc) is 3.27. The summed E-state index contributed by atoms with van der Waals surface area (Å²) < 4.78 is 8.32. The van der Waals surface area contributed by atoms with Crippen LogP contribution in [0.5, 0.6) is 0 Å². The molecule has 0 aromatic heterocycles. The fourth-order valence-electron chi connectivity index (χ4n) is 3.58. The first-order chi connectivity index (χ1) is 10.9. The summed E-state index contributed by atoms with van der Waals surface area (Å²) in [6.45, 7) is 3.66. The molecule has 23 heavy (non-hydrogen) atoms. The molecule has 0 saturated carbocycles. The molecular weight excluding hydrogens is 394 g/mol. The van der Waals surface area contributed by atoms with Crippen molar-refractivity contribution in [1.29, 1.82) is 0 Å². The molecule has 0 atom stereocenters. The van der Waals surface area contributed by atoms with Crippen molar-refractivity contribution in [2.75, 3.05) is 39.3 Å². The van der Waals surface area contributed by atoms with Crippen molar-refractivity contribution < 1.29 is 0 Å². The summed E-state index contributed by atoms with van der Waals surface area (Å²) in [5, 5.41) is 0. The van der Waals surface area contributed by atoms with Gasteiger partial charge in [-0.2, -0.15) is 0 Å². The van der Waals surface area contributed by atoms with Gasteiger partial charge in [-0.1, -0.05) is 34.8 Å². The Morgan fingerprint density at radius 1 is 0.783 bits per heavy atom. The van der Waals surface area contributed by atoms with Gasteiger partial charge in [0, 0.05) is 39.3 Å². The number of alkyl halides is 3. The second-order valence-electron chi connectivity index (χ2n) is 6.45. The third-order valence-electron chi connectivity index (χ3n) is 4.79. The number of nitrogens with zero attached hydrogens (tertiary/aromatic N) is 4. The molecule has 0 aromatic rings. The molecular formula is C14H24Cl3N4PS. The maximum absolute atomic E-state index is 6.29.